The van der Waals surface area contributed by atoms with Crippen LogP contribution in [0.15, 0.2) is 18.2 Å². The van der Waals surface area contributed by atoms with E-state index in [-0.39, 0.29) is 18.1 Å². The number of amides is 1. The number of nitrogens with one attached hydrogen (secondary N) is 1. The Morgan fingerprint density at radius 2 is 2.19 bits per heavy atom. The van der Waals surface area contributed by atoms with Crippen LogP contribution in [0.5, 0.6) is 0 Å². The van der Waals surface area contributed by atoms with Crippen LogP contribution in [-0.4, -0.2) is 44.2 Å². The largest absolute Gasteiger partial charge is 0.396 e. The number of halogens is 1. The number of carbonyl (C=O) groups excluding carboxylic acids is 1. The maximum atomic E-state index is 13.1. The van der Waals surface area contributed by atoms with Crippen LogP contribution in [0.25, 0.3) is 0 Å². The molecule has 1 aromatic carbocycles. The Morgan fingerprint density at radius 1 is 1.48 bits per heavy atom. The average Bonchev–Trinajstić information content (AvgIpc) is 2.39. The highest BCUT2D eigenvalue weighted by molar-refractivity contribution is 5.92. The normalized spacial score (nSPS) is 11.1. The van der Waals surface area contributed by atoms with Crippen molar-refractivity contribution in [2.45, 2.75) is 13.8 Å². The predicted molar refractivity (Wildman–Crippen MR) is 82.6 cm³/mol. The molecule has 0 bridgehead atoms. The van der Waals surface area contributed by atoms with Crippen molar-refractivity contribution in [1.82, 2.24) is 4.90 Å². The third-order valence-electron chi connectivity index (χ3n) is 2.88. The van der Waals surface area contributed by atoms with Gasteiger partial charge in [-0.05, 0) is 24.1 Å². The summed E-state index contributed by atoms with van der Waals surface area (Å²) < 4.78 is 18.1. The Hall–Kier alpha value is -1.66. The molecule has 0 unspecified atom stereocenters. The summed E-state index contributed by atoms with van der Waals surface area (Å²) in [6, 6.07) is 4.14. The van der Waals surface area contributed by atoms with Crippen molar-refractivity contribution in [3.63, 3.8) is 0 Å². The molecule has 0 saturated heterocycles. The van der Waals surface area contributed by atoms with Gasteiger partial charge in [-0.25, -0.2) is 4.39 Å². The van der Waals surface area contributed by atoms with Crippen molar-refractivity contribution >= 4 is 17.3 Å². The van der Waals surface area contributed by atoms with Crippen molar-refractivity contribution in [3.05, 3.63) is 24.0 Å². The fourth-order valence-corrected chi connectivity index (χ4v) is 2.00. The number of hydrogen-bond donors (Lipinski definition) is 2. The molecule has 0 aliphatic heterocycles. The van der Waals surface area contributed by atoms with Gasteiger partial charge in [-0.15, -0.1) is 0 Å². The van der Waals surface area contributed by atoms with Gasteiger partial charge in [0.25, 0.3) is 0 Å². The molecule has 1 rings (SSSR count). The second-order valence-corrected chi connectivity index (χ2v) is 5.41. The zero-order valence-electron chi connectivity index (χ0n) is 12.9. The van der Waals surface area contributed by atoms with Gasteiger partial charge in [0.05, 0.1) is 18.8 Å². The lowest BCUT2D eigenvalue weighted by molar-refractivity contribution is -0.117. The third-order valence-corrected chi connectivity index (χ3v) is 2.88. The van der Waals surface area contributed by atoms with E-state index in [1.165, 1.54) is 18.2 Å². The Morgan fingerprint density at radius 3 is 2.76 bits per heavy atom. The van der Waals surface area contributed by atoms with Crippen LogP contribution in [0.3, 0.4) is 0 Å². The molecule has 3 N–H and O–H groups in total. The molecule has 0 aliphatic carbocycles. The predicted octanol–water partition coefficient (Wildman–Crippen LogP) is 1.95. The molecule has 0 fully saturated rings. The van der Waals surface area contributed by atoms with Crippen molar-refractivity contribution in [2.75, 3.05) is 44.4 Å². The van der Waals surface area contributed by atoms with Crippen LogP contribution in [0.4, 0.5) is 15.8 Å². The number of benzene rings is 1. The van der Waals surface area contributed by atoms with E-state index in [9.17, 15) is 9.18 Å². The van der Waals surface area contributed by atoms with E-state index < -0.39 is 5.82 Å². The van der Waals surface area contributed by atoms with E-state index in [0.29, 0.717) is 24.8 Å². The summed E-state index contributed by atoms with van der Waals surface area (Å²) >= 11 is 0. The van der Waals surface area contributed by atoms with Gasteiger partial charge in [0.1, 0.15) is 5.82 Å². The molecule has 0 heterocycles. The Balaban J connectivity index is 2.57. The molecule has 118 valence electrons. The number of methoxy groups -OCH3 is 1. The minimum Gasteiger partial charge on any atom is -0.396 e. The number of nitrogens with two attached hydrogens (primary N) is 1. The Labute approximate surface area is 125 Å². The summed E-state index contributed by atoms with van der Waals surface area (Å²) in [5.74, 6) is -0.191. The third kappa shape index (κ3) is 6.55. The van der Waals surface area contributed by atoms with Gasteiger partial charge in [0.2, 0.25) is 5.91 Å². The average molecular weight is 297 g/mol. The Kier molecular flexibility index (Phi) is 7.11. The summed E-state index contributed by atoms with van der Waals surface area (Å²) in [5, 5.41) is 2.72. The second kappa shape index (κ2) is 8.59. The lowest BCUT2D eigenvalue weighted by atomic mass is 10.2. The van der Waals surface area contributed by atoms with Crippen LogP contribution in [0.2, 0.25) is 0 Å². The molecular weight excluding hydrogens is 273 g/mol. The monoisotopic (exact) mass is 297 g/mol. The van der Waals surface area contributed by atoms with Crippen molar-refractivity contribution < 1.29 is 13.9 Å². The second-order valence-electron chi connectivity index (χ2n) is 5.41. The highest BCUT2D eigenvalue weighted by atomic mass is 19.1. The van der Waals surface area contributed by atoms with E-state index in [1.54, 1.807) is 7.11 Å². The van der Waals surface area contributed by atoms with Crippen molar-refractivity contribution in [2.24, 2.45) is 5.92 Å². The van der Waals surface area contributed by atoms with E-state index in [4.69, 9.17) is 10.5 Å². The quantitative estimate of drug-likeness (QED) is 0.720. The summed E-state index contributed by atoms with van der Waals surface area (Å²) in [7, 11) is 1.63. The molecule has 0 radical (unpaired) electrons. The van der Waals surface area contributed by atoms with Crippen LogP contribution < -0.4 is 11.1 Å². The molecule has 21 heavy (non-hydrogen) atoms. The minimum absolute atomic E-state index is 0.0196. The molecule has 0 aliphatic rings. The lowest BCUT2D eigenvalue weighted by Gasteiger charge is -2.23. The Bertz CT molecular complexity index is 466. The highest BCUT2D eigenvalue weighted by Gasteiger charge is 2.12. The van der Waals surface area contributed by atoms with E-state index in [0.717, 1.165) is 6.54 Å². The molecule has 0 saturated carbocycles. The van der Waals surface area contributed by atoms with Gasteiger partial charge in [0, 0.05) is 25.9 Å². The minimum atomic E-state index is -0.491. The first kappa shape index (κ1) is 17.4. The number of rotatable bonds is 8. The molecule has 1 aromatic rings. The van der Waals surface area contributed by atoms with Gasteiger partial charge in [0.15, 0.2) is 0 Å². The highest BCUT2D eigenvalue weighted by Crippen LogP contribution is 2.16. The standard InChI is InChI=1S/C15H24FN3O2/c1-11(2)9-19(6-7-21-3)10-15(20)18-12-4-5-13(16)14(17)8-12/h4-5,8,11H,6-7,9-10,17H2,1-3H3,(H,18,20). The van der Waals surface area contributed by atoms with Gasteiger partial charge in [-0.1, -0.05) is 13.8 Å². The molecule has 0 aromatic heterocycles. The maximum absolute atomic E-state index is 13.1. The topological polar surface area (TPSA) is 67.6 Å². The lowest BCUT2D eigenvalue weighted by Crippen LogP contribution is -2.37. The summed E-state index contributed by atoms with van der Waals surface area (Å²) in [6.45, 7) is 6.52. The SMILES string of the molecule is COCCN(CC(=O)Nc1ccc(F)c(N)c1)CC(C)C. The number of nitrogen functional groups attached to an aromatic ring is 1. The number of ether oxygens (including phenoxy) is 1. The summed E-state index contributed by atoms with van der Waals surface area (Å²) in [4.78, 5) is 14.1. The molecule has 1 amide bonds. The fourth-order valence-electron chi connectivity index (χ4n) is 2.00. The van der Waals surface area contributed by atoms with Crippen LogP contribution in [0, 0.1) is 11.7 Å². The smallest absolute Gasteiger partial charge is 0.238 e. The van der Waals surface area contributed by atoms with Crippen molar-refractivity contribution in [1.29, 1.82) is 0 Å². The zero-order chi connectivity index (χ0) is 15.8. The maximum Gasteiger partial charge on any atom is 0.238 e. The summed E-state index contributed by atoms with van der Waals surface area (Å²) in [5.41, 5.74) is 5.99. The number of carbonyl (C=O) groups is 1. The van der Waals surface area contributed by atoms with E-state index in [2.05, 4.69) is 19.2 Å². The first-order valence-electron chi connectivity index (χ1n) is 6.98. The summed E-state index contributed by atoms with van der Waals surface area (Å²) in [6.07, 6.45) is 0. The molecule has 6 heteroatoms. The number of hydrogen-bond acceptors (Lipinski definition) is 4. The molecule has 0 spiro atoms. The number of anilines is 2. The molecule has 0 atom stereocenters. The van der Waals surface area contributed by atoms with Crippen LogP contribution >= 0.6 is 0 Å². The zero-order valence-corrected chi connectivity index (χ0v) is 12.9. The van der Waals surface area contributed by atoms with Gasteiger partial charge < -0.3 is 15.8 Å². The van der Waals surface area contributed by atoms with E-state index in [1.807, 2.05) is 4.90 Å². The van der Waals surface area contributed by atoms with Gasteiger partial charge >= 0.3 is 0 Å². The molecule has 5 nitrogen and oxygen atoms in total. The van der Waals surface area contributed by atoms with Crippen LogP contribution in [0.1, 0.15) is 13.8 Å². The van der Waals surface area contributed by atoms with E-state index >= 15 is 0 Å². The first-order valence-corrected chi connectivity index (χ1v) is 6.98. The first-order chi connectivity index (χ1) is 9.92. The van der Waals surface area contributed by atoms with Gasteiger partial charge in [-0.3, -0.25) is 9.69 Å². The fraction of sp³-hybridized carbons (Fsp3) is 0.533. The number of nitrogens with zero attached hydrogens (tertiary/aromatic N) is 1. The van der Waals surface area contributed by atoms with Gasteiger partial charge in [-0.2, -0.15) is 0 Å². The molecular formula is C15H24FN3O2. The van der Waals surface area contributed by atoms with Crippen molar-refractivity contribution in [3.8, 4) is 0 Å². The van der Waals surface area contributed by atoms with Crippen LogP contribution in [-0.2, 0) is 9.53 Å².